The molecule has 0 spiro atoms. The van der Waals surface area contributed by atoms with Crippen LogP contribution in [0.2, 0.25) is 10.0 Å². The van der Waals surface area contributed by atoms with E-state index in [4.69, 9.17) is 42.4 Å². The van der Waals surface area contributed by atoms with E-state index >= 15 is 0 Å². The summed E-state index contributed by atoms with van der Waals surface area (Å²) < 4.78 is 18.0. The van der Waals surface area contributed by atoms with Gasteiger partial charge in [0.15, 0.2) is 11.3 Å². The van der Waals surface area contributed by atoms with E-state index in [0.29, 0.717) is 49.9 Å². The Hall–Kier alpha value is -2.92. The van der Waals surface area contributed by atoms with Crippen molar-refractivity contribution in [2.24, 2.45) is 0 Å². The predicted molar refractivity (Wildman–Crippen MR) is 130 cm³/mol. The summed E-state index contributed by atoms with van der Waals surface area (Å²) in [5.41, 5.74) is 2.40. The lowest BCUT2D eigenvalue weighted by atomic mass is 10.0. The van der Waals surface area contributed by atoms with Crippen LogP contribution in [0, 0.1) is 0 Å². The molecule has 0 atom stereocenters. The quantitative estimate of drug-likeness (QED) is 0.406. The number of benzene rings is 1. The Bertz CT molecular complexity index is 1310. The highest BCUT2D eigenvalue weighted by molar-refractivity contribution is 6.41. The van der Waals surface area contributed by atoms with Crippen LogP contribution < -0.4 is 14.8 Å². The molecule has 34 heavy (non-hydrogen) atoms. The van der Waals surface area contributed by atoms with Gasteiger partial charge in [-0.15, -0.1) is 10.2 Å². The van der Waals surface area contributed by atoms with E-state index in [2.05, 4.69) is 25.4 Å². The number of morpholine rings is 1. The highest BCUT2D eigenvalue weighted by Gasteiger charge is 2.23. The summed E-state index contributed by atoms with van der Waals surface area (Å²) in [7, 11) is 3.07. The van der Waals surface area contributed by atoms with Gasteiger partial charge in [-0.1, -0.05) is 23.2 Å². The Morgan fingerprint density at radius 2 is 1.79 bits per heavy atom. The van der Waals surface area contributed by atoms with Crippen molar-refractivity contribution in [2.45, 2.75) is 0 Å². The van der Waals surface area contributed by atoms with Crippen LogP contribution in [0.1, 0.15) is 0 Å². The number of fused-ring (bicyclic) bond motifs is 3. The topological polar surface area (TPSA) is 98.9 Å². The van der Waals surface area contributed by atoms with Gasteiger partial charge in [0.05, 0.1) is 37.5 Å². The first-order valence-electron chi connectivity index (χ1n) is 10.7. The molecule has 1 aliphatic rings. The second-order valence-electron chi connectivity index (χ2n) is 7.72. The van der Waals surface area contributed by atoms with Gasteiger partial charge in [0.25, 0.3) is 0 Å². The van der Waals surface area contributed by atoms with Crippen LogP contribution in [0.4, 0.5) is 5.95 Å². The van der Waals surface area contributed by atoms with Crippen molar-refractivity contribution >= 4 is 45.8 Å². The standard InChI is InChI=1S/C22H23Cl2N7O3/c1-32-15-10-16(33-2)19(24)17(18(15)23)14-9-13-11-26-22(25-3-4-30-5-7-34-8-6-30)28-20(13)31-12-27-29-21(14)31/h9-12H,3-8H2,1-2H3,(H,25,26,28). The zero-order valence-corrected chi connectivity index (χ0v) is 20.2. The molecule has 3 aromatic heterocycles. The molecule has 0 saturated carbocycles. The van der Waals surface area contributed by atoms with E-state index in [1.807, 2.05) is 6.07 Å². The molecular weight excluding hydrogens is 481 g/mol. The highest BCUT2D eigenvalue weighted by atomic mass is 35.5. The van der Waals surface area contributed by atoms with E-state index in [1.54, 1.807) is 23.0 Å². The Labute approximate surface area is 205 Å². The Balaban J connectivity index is 1.53. The van der Waals surface area contributed by atoms with Gasteiger partial charge < -0.3 is 19.5 Å². The van der Waals surface area contributed by atoms with Gasteiger partial charge in [-0.2, -0.15) is 4.98 Å². The molecule has 12 heteroatoms. The lowest BCUT2D eigenvalue weighted by Gasteiger charge is -2.26. The van der Waals surface area contributed by atoms with Crippen LogP contribution in [0.3, 0.4) is 0 Å². The van der Waals surface area contributed by atoms with E-state index in [1.165, 1.54) is 14.2 Å². The molecule has 1 N–H and O–H groups in total. The van der Waals surface area contributed by atoms with Crippen molar-refractivity contribution in [3.05, 3.63) is 34.7 Å². The zero-order chi connectivity index (χ0) is 23.7. The molecule has 10 nitrogen and oxygen atoms in total. The van der Waals surface area contributed by atoms with Crippen molar-refractivity contribution in [1.82, 2.24) is 29.5 Å². The number of rotatable bonds is 7. The van der Waals surface area contributed by atoms with Crippen LogP contribution in [-0.4, -0.2) is 83.1 Å². The van der Waals surface area contributed by atoms with Crippen LogP contribution in [-0.2, 0) is 4.74 Å². The molecule has 5 rings (SSSR count). The molecule has 0 aliphatic carbocycles. The van der Waals surface area contributed by atoms with Crippen molar-refractivity contribution in [3.63, 3.8) is 0 Å². The number of nitrogens with zero attached hydrogens (tertiary/aromatic N) is 6. The first-order valence-corrected chi connectivity index (χ1v) is 11.5. The third kappa shape index (κ3) is 4.18. The SMILES string of the molecule is COc1cc(OC)c(Cl)c(-c2cc3cnc(NCCN4CCOCC4)nc3n3cnnc23)c1Cl. The lowest BCUT2D eigenvalue weighted by Crippen LogP contribution is -2.39. The third-order valence-corrected chi connectivity index (χ3v) is 6.52. The normalized spacial score (nSPS) is 14.6. The third-order valence-electron chi connectivity index (χ3n) is 5.77. The van der Waals surface area contributed by atoms with Crippen molar-refractivity contribution in [2.75, 3.05) is 58.9 Å². The van der Waals surface area contributed by atoms with Gasteiger partial charge in [0, 0.05) is 55.0 Å². The fraction of sp³-hybridized carbons (Fsp3) is 0.364. The summed E-state index contributed by atoms with van der Waals surface area (Å²) in [6, 6.07) is 3.54. The van der Waals surface area contributed by atoms with E-state index in [0.717, 1.165) is 44.8 Å². The molecule has 178 valence electrons. The van der Waals surface area contributed by atoms with Crippen LogP contribution >= 0.6 is 23.2 Å². The second kappa shape index (κ2) is 9.75. The first kappa shape index (κ1) is 22.9. The Morgan fingerprint density at radius 3 is 2.50 bits per heavy atom. The lowest BCUT2D eigenvalue weighted by molar-refractivity contribution is 0.0398. The summed E-state index contributed by atoms with van der Waals surface area (Å²) in [6.45, 7) is 5.03. The van der Waals surface area contributed by atoms with E-state index in [-0.39, 0.29) is 0 Å². The summed E-state index contributed by atoms with van der Waals surface area (Å²) in [5, 5.41) is 13.2. The Morgan fingerprint density at radius 1 is 1.06 bits per heavy atom. The number of halogens is 2. The van der Waals surface area contributed by atoms with Gasteiger partial charge in [-0.3, -0.25) is 9.30 Å². The van der Waals surface area contributed by atoms with Gasteiger partial charge in [0.1, 0.15) is 17.8 Å². The molecule has 1 fully saturated rings. The molecule has 1 saturated heterocycles. The molecule has 0 unspecified atom stereocenters. The zero-order valence-electron chi connectivity index (χ0n) is 18.7. The molecule has 1 aromatic carbocycles. The second-order valence-corrected chi connectivity index (χ2v) is 8.48. The van der Waals surface area contributed by atoms with Crippen LogP contribution in [0.5, 0.6) is 11.5 Å². The number of hydrogen-bond acceptors (Lipinski definition) is 9. The maximum Gasteiger partial charge on any atom is 0.224 e. The minimum Gasteiger partial charge on any atom is -0.495 e. The van der Waals surface area contributed by atoms with Crippen molar-refractivity contribution in [1.29, 1.82) is 0 Å². The summed E-state index contributed by atoms with van der Waals surface area (Å²) in [4.78, 5) is 11.5. The maximum atomic E-state index is 6.67. The molecule has 0 bridgehead atoms. The monoisotopic (exact) mass is 503 g/mol. The van der Waals surface area contributed by atoms with Gasteiger partial charge in [-0.05, 0) is 6.07 Å². The van der Waals surface area contributed by atoms with Crippen LogP contribution in [0.15, 0.2) is 24.7 Å². The molecule has 4 aromatic rings. The maximum absolute atomic E-state index is 6.67. The van der Waals surface area contributed by atoms with E-state index in [9.17, 15) is 0 Å². The van der Waals surface area contributed by atoms with Crippen LogP contribution in [0.25, 0.3) is 27.8 Å². The highest BCUT2D eigenvalue weighted by Crippen LogP contribution is 2.47. The van der Waals surface area contributed by atoms with E-state index < -0.39 is 0 Å². The summed E-state index contributed by atoms with van der Waals surface area (Å²) in [6.07, 6.45) is 3.35. The number of methoxy groups -OCH3 is 2. The average Bonchev–Trinajstić information content (AvgIpc) is 3.36. The van der Waals surface area contributed by atoms with Gasteiger partial charge in [0.2, 0.25) is 5.95 Å². The number of aromatic nitrogens is 5. The first-order chi connectivity index (χ1) is 16.6. The van der Waals surface area contributed by atoms with Crippen molar-refractivity contribution < 1.29 is 14.2 Å². The molecular formula is C22H23Cl2N7O3. The van der Waals surface area contributed by atoms with Gasteiger partial charge >= 0.3 is 0 Å². The summed E-state index contributed by atoms with van der Waals surface area (Å²) >= 11 is 13.3. The number of anilines is 1. The van der Waals surface area contributed by atoms with Gasteiger partial charge in [-0.25, -0.2) is 4.98 Å². The molecule has 4 heterocycles. The number of pyridine rings is 1. The minimum atomic E-state index is 0.347. The molecule has 1 aliphatic heterocycles. The fourth-order valence-corrected chi connectivity index (χ4v) is 4.72. The predicted octanol–water partition coefficient (Wildman–Crippen LogP) is 3.41. The summed E-state index contributed by atoms with van der Waals surface area (Å²) in [5.74, 6) is 1.40. The Kier molecular flexibility index (Phi) is 6.55. The molecule has 0 radical (unpaired) electrons. The minimum absolute atomic E-state index is 0.347. The molecule has 0 amide bonds. The number of ether oxygens (including phenoxy) is 3. The number of hydrogen-bond donors (Lipinski definition) is 1. The number of nitrogens with one attached hydrogen (secondary N) is 1. The average molecular weight is 504 g/mol. The fourth-order valence-electron chi connectivity index (χ4n) is 4.01. The largest absolute Gasteiger partial charge is 0.495 e. The smallest absolute Gasteiger partial charge is 0.224 e. The van der Waals surface area contributed by atoms with Crippen molar-refractivity contribution in [3.8, 4) is 22.6 Å².